The van der Waals surface area contributed by atoms with Gasteiger partial charge >= 0.3 is 0 Å². The molecule has 1 saturated heterocycles. The van der Waals surface area contributed by atoms with Crippen molar-refractivity contribution in [3.63, 3.8) is 0 Å². The van der Waals surface area contributed by atoms with Gasteiger partial charge in [0.05, 0.1) is 11.5 Å². The van der Waals surface area contributed by atoms with E-state index in [1.165, 1.54) is 24.2 Å². The number of rotatable bonds is 3. The Balaban J connectivity index is 1.74. The van der Waals surface area contributed by atoms with Crippen molar-refractivity contribution in [1.29, 1.82) is 5.41 Å². The van der Waals surface area contributed by atoms with Crippen LogP contribution in [-0.4, -0.2) is 34.9 Å². The number of nitrogens with one attached hydrogen (secondary N) is 1. The molecule has 0 saturated carbocycles. The van der Waals surface area contributed by atoms with Gasteiger partial charge in [-0.05, 0) is 19.3 Å². The summed E-state index contributed by atoms with van der Waals surface area (Å²) in [7, 11) is 0. The fourth-order valence-electron chi connectivity index (χ4n) is 2.83. The summed E-state index contributed by atoms with van der Waals surface area (Å²) >= 11 is 1.40. The van der Waals surface area contributed by atoms with Gasteiger partial charge in [0.2, 0.25) is 0 Å². The number of fused-ring (bicyclic) bond motifs is 1. The van der Waals surface area contributed by atoms with E-state index in [-0.39, 0.29) is 12.5 Å². The Hall–Kier alpha value is -1.80. The summed E-state index contributed by atoms with van der Waals surface area (Å²) in [4.78, 5) is 12.8. The van der Waals surface area contributed by atoms with Crippen molar-refractivity contribution in [1.82, 2.24) is 4.90 Å². The molecule has 1 aromatic rings. The first-order chi connectivity index (χ1) is 11.1. The number of hydrogen-bond donors (Lipinski definition) is 1. The highest BCUT2D eigenvalue weighted by atomic mass is 32.2. The lowest BCUT2D eigenvalue weighted by atomic mass is 10.1. The number of thioether (sulfide) groups is 1. The minimum Gasteiger partial charge on any atom is -0.467 e. The first-order valence-electron chi connectivity index (χ1n) is 7.62. The summed E-state index contributed by atoms with van der Waals surface area (Å²) in [6.07, 6.45) is 3.46. The Labute approximate surface area is 138 Å². The van der Waals surface area contributed by atoms with Crippen LogP contribution in [0.1, 0.15) is 30.4 Å². The second kappa shape index (κ2) is 7.18. The molecule has 0 spiro atoms. The normalized spacial score (nSPS) is 17.3. The number of hydrogen-bond acceptors (Lipinski definition) is 6. The molecular weight excluding hydrogens is 318 g/mol. The Morgan fingerprint density at radius 3 is 2.87 bits per heavy atom. The van der Waals surface area contributed by atoms with E-state index in [2.05, 4.69) is 4.90 Å². The number of non-ortho nitro benzene ring substituents is 1. The average Bonchev–Trinajstić information content (AvgIpc) is 2.59. The van der Waals surface area contributed by atoms with Gasteiger partial charge in [-0.1, -0.05) is 11.8 Å². The molecule has 0 amide bonds. The molecular formula is C15H19N3O4S. The number of nitro groups is 1. The first-order valence-corrected chi connectivity index (χ1v) is 8.61. The summed E-state index contributed by atoms with van der Waals surface area (Å²) in [6.45, 7) is 2.32. The Bertz CT molecular complexity index is 617. The van der Waals surface area contributed by atoms with E-state index < -0.39 is 4.92 Å². The summed E-state index contributed by atoms with van der Waals surface area (Å²) in [6, 6.07) is 3.04. The van der Waals surface area contributed by atoms with Crippen LogP contribution in [0, 0.1) is 15.5 Å². The number of likely N-dealkylation sites (tertiary alicyclic amines) is 1. The quantitative estimate of drug-likeness (QED) is 0.394. The van der Waals surface area contributed by atoms with Crippen LogP contribution < -0.4 is 4.74 Å². The number of nitrogens with zero attached hydrogens (tertiary/aromatic N) is 2. The molecule has 23 heavy (non-hydrogen) atoms. The standard InChI is InChI=1S/C15H19N3O4S/c16-15(17-4-2-1-3-5-17)23-9-12-7-13(18(19)20)6-11-8-21-10-22-14(11)12/h6-7,16H,1-5,8-10H2. The van der Waals surface area contributed by atoms with Crippen molar-refractivity contribution in [2.24, 2.45) is 0 Å². The predicted molar refractivity (Wildman–Crippen MR) is 87.8 cm³/mol. The molecule has 124 valence electrons. The lowest BCUT2D eigenvalue weighted by Crippen LogP contribution is -2.33. The number of ether oxygens (including phenoxy) is 2. The molecule has 2 aliphatic heterocycles. The topological polar surface area (TPSA) is 88.7 Å². The minimum absolute atomic E-state index is 0.0398. The SMILES string of the molecule is N=C(SCc1cc([N+](=O)[O-])cc2c1OCOC2)N1CCCCC1. The van der Waals surface area contributed by atoms with Gasteiger partial charge < -0.3 is 14.4 Å². The van der Waals surface area contributed by atoms with Crippen LogP contribution in [0.3, 0.4) is 0 Å². The van der Waals surface area contributed by atoms with Crippen molar-refractivity contribution in [3.05, 3.63) is 33.4 Å². The highest BCUT2D eigenvalue weighted by molar-refractivity contribution is 8.13. The molecule has 0 aromatic heterocycles. The van der Waals surface area contributed by atoms with Gasteiger partial charge in [0.15, 0.2) is 12.0 Å². The molecule has 8 heteroatoms. The molecule has 0 bridgehead atoms. The second-order valence-electron chi connectivity index (χ2n) is 5.60. The largest absolute Gasteiger partial charge is 0.467 e. The number of piperidine rings is 1. The Kier molecular flexibility index (Phi) is 5.02. The van der Waals surface area contributed by atoms with Gasteiger partial charge in [0.25, 0.3) is 5.69 Å². The van der Waals surface area contributed by atoms with E-state index in [1.807, 2.05) is 0 Å². The predicted octanol–water partition coefficient (Wildman–Crippen LogP) is 3.12. The van der Waals surface area contributed by atoms with Gasteiger partial charge in [-0.15, -0.1) is 0 Å². The van der Waals surface area contributed by atoms with E-state index in [9.17, 15) is 10.1 Å². The van der Waals surface area contributed by atoms with E-state index in [0.29, 0.717) is 28.8 Å². The maximum absolute atomic E-state index is 11.1. The van der Waals surface area contributed by atoms with Crippen LogP contribution in [0.4, 0.5) is 5.69 Å². The lowest BCUT2D eigenvalue weighted by molar-refractivity contribution is -0.385. The summed E-state index contributed by atoms with van der Waals surface area (Å²) in [5.74, 6) is 1.15. The summed E-state index contributed by atoms with van der Waals surface area (Å²) in [5, 5.41) is 19.8. The molecule has 2 heterocycles. The molecule has 1 fully saturated rings. The molecule has 0 atom stereocenters. The third kappa shape index (κ3) is 3.76. The Morgan fingerprint density at radius 2 is 2.13 bits per heavy atom. The third-order valence-corrected chi connectivity index (χ3v) is 4.98. The van der Waals surface area contributed by atoms with Crippen LogP contribution >= 0.6 is 11.8 Å². The minimum atomic E-state index is -0.404. The zero-order valence-electron chi connectivity index (χ0n) is 12.7. The summed E-state index contributed by atoms with van der Waals surface area (Å²) < 4.78 is 10.7. The lowest BCUT2D eigenvalue weighted by Gasteiger charge is -2.28. The highest BCUT2D eigenvalue weighted by Gasteiger charge is 2.22. The van der Waals surface area contributed by atoms with Crippen molar-refractivity contribution in [2.75, 3.05) is 19.9 Å². The molecule has 2 aliphatic rings. The molecule has 1 N–H and O–H groups in total. The van der Waals surface area contributed by atoms with Crippen LogP contribution in [-0.2, 0) is 17.1 Å². The molecule has 0 radical (unpaired) electrons. The van der Waals surface area contributed by atoms with Crippen LogP contribution in [0.5, 0.6) is 5.75 Å². The molecule has 1 aromatic carbocycles. The maximum Gasteiger partial charge on any atom is 0.270 e. The van der Waals surface area contributed by atoms with Crippen molar-refractivity contribution in [2.45, 2.75) is 31.6 Å². The van der Waals surface area contributed by atoms with Gasteiger partial charge in [0, 0.05) is 42.1 Å². The molecule has 0 aliphatic carbocycles. The molecule has 0 unspecified atom stereocenters. The number of benzene rings is 1. The number of nitro benzene ring substituents is 1. The first kappa shape index (κ1) is 16.1. The fraction of sp³-hybridized carbons (Fsp3) is 0.533. The van der Waals surface area contributed by atoms with Crippen molar-refractivity contribution >= 4 is 22.6 Å². The van der Waals surface area contributed by atoms with E-state index in [4.69, 9.17) is 14.9 Å². The monoisotopic (exact) mass is 337 g/mol. The van der Waals surface area contributed by atoms with Crippen molar-refractivity contribution in [3.8, 4) is 5.75 Å². The van der Waals surface area contributed by atoms with Crippen LogP contribution in [0.2, 0.25) is 0 Å². The average molecular weight is 337 g/mol. The van der Waals surface area contributed by atoms with E-state index in [0.717, 1.165) is 31.5 Å². The maximum atomic E-state index is 11.1. The number of amidine groups is 1. The van der Waals surface area contributed by atoms with Gasteiger partial charge in [-0.3, -0.25) is 15.5 Å². The van der Waals surface area contributed by atoms with E-state index in [1.54, 1.807) is 6.07 Å². The smallest absolute Gasteiger partial charge is 0.270 e. The van der Waals surface area contributed by atoms with E-state index >= 15 is 0 Å². The fourth-order valence-corrected chi connectivity index (χ4v) is 3.70. The summed E-state index contributed by atoms with van der Waals surface area (Å²) in [5.41, 5.74) is 1.49. The van der Waals surface area contributed by atoms with Gasteiger partial charge in [0.1, 0.15) is 5.75 Å². The van der Waals surface area contributed by atoms with Gasteiger partial charge in [-0.2, -0.15) is 0 Å². The zero-order chi connectivity index (χ0) is 16.2. The second-order valence-corrected chi connectivity index (χ2v) is 6.57. The zero-order valence-corrected chi connectivity index (χ0v) is 13.6. The van der Waals surface area contributed by atoms with Gasteiger partial charge in [-0.25, -0.2) is 0 Å². The molecule has 7 nitrogen and oxygen atoms in total. The van der Waals surface area contributed by atoms with Crippen molar-refractivity contribution < 1.29 is 14.4 Å². The van der Waals surface area contributed by atoms with Crippen LogP contribution in [0.15, 0.2) is 12.1 Å². The third-order valence-electron chi connectivity index (χ3n) is 3.99. The Morgan fingerprint density at radius 1 is 1.35 bits per heavy atom. The molecule has 3 rings (SSSR count). The van der Waals surface area contributed by atoms with Crippen LogP contribution in [0.25, 0.3) is 0 Å². The highest BCUT2D eigenvalue weighted by Crippen LogP contribution is 2.35.